The highest BCUT2D eigenvalue weighted by Crippen LogP contribution is 2.41. The van der Waals surface area contributed by atoms with Gasteiger partial charge in [0.1, 0.15) is 10.8 Å². The van der Waals surface area contributed by atoms with Crippen LogP contribution in [0.4, 0.5) is 0 Å². The molecule has 1 N–H and O–H groups in total. The first-order chi connectivity index (χ1) is 8.01. The second kappa shape index (κ2) is 4.53. The molecule has 4 nitrogen and oxygen atoms in total. The van der Waals surface area contributed by atoms with Crippen LogP contribution in [0.3, 0.4) is 0 Å². The fourth-order valence-electron chi connectivity index (χ4n) is 2.10. The summed E-state index contributed by atoms with van der Waals surface area (Å²) in [6, 6.07) is 1.80. The molecule has 2 rings (SSSR count). The normalized spacial score (nSPS) is 24.8. The molecule has 94 valence electrons. The van der Waals surface area contributed by atoms with Crippen LogP contribution in [-0.4, -0.2) is 17.2 Å². The predicted molar refractivity (Wildman–Crippen MR) is 63.6 cm³/mol. The average molecular weight is 258 g/mol. The summed E-state index contributed by atoms with van der Waals surface area (Å²) in [4.78, 5) is 4.13. The number of aromatic nitrogens is 1. The van der Waals surface area contributed by atoms with Crippen molar-refractivity contribution < 1.29 is 14.6 Å². The van der Waals surface area contributed by atoms with E-state index in [9.17, 15) is 5.11 Å². The number of methoxy groups -OCH3 is 1. The fraction of sp³-hybridized carbons (Fsp3) is 0.583. The lowest BCUT2D eigenvalue weighted by Gasteiger charge is -2.23. The van der Waals surface area contributed by atoms with E-state index in [0.717, 1.165) is 17.5 Å². The quantitative estimate of drug-likeness (QED) is 0.668. The number of ether oxygens (including phenoxy) is 2. The van der Waals surface area contributed by atoms with Crippen LogP contribution in [0.25, 0.3) is 0 Å². The molecule has 0 spiro atoms. The zero-order valence-corrected chi connectivity index (χ0v) is 10.9. The van der Waals surface area contributed by atoms with E-state index in [1.54, 1.807) is 6.07 Å². The number of halogens is 1. The Hall–Kier alpha value is -0.680. The van der Waals surface area contributed by atoms with Gasteiger partial charge in [-0.2, -0.15) is 0 Å². The molecular formula is C12H16ClNO3. The molecular weight excluding hydrogens is 242 g/mol. The van der Waals surface area contributed by atoms with Gasteiger partial charge in [0.2, 0.25) is 0 Å². The van der Waals surface area contributed by atoms with Gasteiger partial charge in [0.15, 0.2) is 6.29 Å². The van der Waals surface area contributed by atoms with Crippen LogP contribution in [-0.2, 0) is 21.7 Å². The molecule has 1 aliphatic rings. The molecule has 2 heterocycles. The molecule has 0 fully saturated rings. The highest BCUT2D eigenvalue weighted by Gasteiger charge is 2.37. The first-order valence-electron chi connectivity index (χ1n) is 5.56. The molecule has 0 radical (unpaired) electrons. The van der Waals surface area contributed by atoms with Crippen molar-refractivity contribution in [1.29, 1.82) is 0 Å². The van der Waals surface area contributed by atoms with Crippen LogP contribution in [0, 0.1) is 0 Å². The number of nitrogens with zero attached hydrogens (tertiary/aromatic N) is 1. The summed E-state index contributed by atoms with van der Waals surface area (Å²) in [7, 11) is 1.43. The summed E-state index contributed by atoms with van der Waals surface area (Å²) >= 11 is 5.98. The zero-order chi connectivity index (χ0) is 12.6. The number of aliphatic hydroxyl groups excluding tert-OH is 1. The van der Waals surface area contributed by atoms with Gasteiger partial charge in [-0.1, -0.05) is 18.5 Å². The van der Waals surface area contributed by atoms with Crippen LogP contribution < -0.4 is 0 Å². The second-order valence-electron chi connectivity index (χ2n) is 4.32. The molecule has 1 aromatic rings. The molecule has 17 heavy (non-hydrogen) atoms. The minimum absolute atomic E-state index is 0.347. The van der Waals surface area contributed by atoms with E-state index in [1.807, 2.05) is 6.92 Å². The lowest BCUT2D eigenvalue weighted by atomic mass is 9.92. The van der Waals surface area contributed by atoms with Crippen molar-refractivity contribution >= 4 is 11.6 Å². The third-order valence-corrected chi connectivity index (χ3v) is 3.56. The molecule has 2 unspecified atom stereocenters. The van der Waals surface area contributed by atoms with Crippen molar-refractivity contribution in [3.05, 3.63) is 28.0 Å². The van der Waals surface area contributed by atoms with Crippen molar-refractivity contribution in [3.63, 3.8) is 0 Å². The zero-order valence-electron chi connectivity index (χ0n) is 10.2. The van der Waals surface area contributed by atoms with Gasteiger partial charge in [0, 0.05) is 12.7 Å². The van der Waals surface area contributed by atoms with Crippen LogP contribution in [0.5, 0.6) is 0 Å². The summed E-state index contributed by atoms with van der Waals surface area (Å²) in [5.74, 6) is 0. The Morgan fingerprint density at radius 2 is 2.41 bits per heavy atom. The van der Waals surface area contributed by atoms with Crippen LogP contribution in [0.2, 0.25) is 5.15 Å². The topological polar surface area (TPSA) is 51.6 Å². The molecule has 0 aromatic carbocycles. The average Bonchev–Trinajstić information content (AvgIpc) is 2.66. The Morgan fingerprint density at radius 3 is 3.00 bits per heavy atom. The maximum Gasteiger partial charge on any atom is 0.198 e. The van der Waals surface area contributed by atoms with Crippen molar-refractivity contribution in [2.75, 3.05) is 7.11 Å². The Kier molecular flexibility index (Phi) is 3.41. The number of pyridine rings is 1. The molecule has 1 aliphatic heterocycles. The summed E-state index contributed by atoms with van der Waals surface area (Å²) in [5.41, 5.74) is 1.97. The predicted octanol–water partition coefficient (Wildman–Crippen LogP) is 2.53. The Balaban J connectivity index is 2.56. The van der Waals surface area contributed by atoms with E-state index in [4.69, 9.17) is 21.1 Å². The molecule has 0 saturated heterocycles. The Bertz CT molecular complexity index is 438. The molecule has 0 aliphatic carbocycles. The van der Waals surface area contributed by atoms with Gasteiger partial charge in [0.25, 0.3) is 0 Å². The van der Waals surface area contributed by atoms with E-state index >= 15 is 0 Å². The largest absolute Gasteiger partial charge is 0.366 e. The monoisotopic (exact) mass is 257 g/mol. The van der Waals surface area contributed by atoms with Gasteiger partial charge in [-0.15, -0.1) is 0 Å². The highest BCUT2D eigenvalue weighted by atomic mass is 35.5. The summed E-state index contributed by atoms with van der Waals surface area (Å²) in [5, 5.41) is 10.1. The maximum absolute atomic E-state index is 9.76. The third-order valence-electron chi connectivity index (χ3n) is 3.36. The van der Waals surface area contributed by atoms with Gasteiger partial charge in [-0.3, -0.25) is 0 Å². The summed E-state index contributed by atoms with van der Waals surface area (Å²) in [6.45, 7) is 4.49. The van der Waals surface area contributed by atoms with E-state index < -0.39 is 6.29 Å². The van der Waals surface area contributed by atoms with Crippen molar-refractivity contribution in [3.8, 4) is 0 Å². The minimum atomic E-state index is -1.06. The van der Waals surface area contributed by atoms with Gasteiger partial charge in [-0.05, 0) is 25.0 Å². The van der Waals surface area contributed by atoms with Crippen molar-refractivity contribution in [1.82, 2.24) is 4.98 Å². The number of hydrogen-bond donors (Lipinski definition) is 1. The summed E-state index contributed by atoms with van der Waals surface area (Å²) in [6.07, 6.45) is -0.228. The first kappa shape index (κ1) is 12.8. The molecule has 1 aromatic heterocycles. The smallest absolute Gasteiger partial charge is 0.198 e. The molecule has 5 heteroatoms. The SMILES string of the molecule is CCC1(C)OCc2c1cc(Cl)nc2C(O)OC. The molecule has 2 atom stereocenters. The second-order valence-corrected chi connectivity index (χ2v) is 4.70. The minimum Gasteiger partial charge on any atom is -0.366 e. The van der Waals surface area contributed by atoms with Gasteiger partial charge in [-0.25, -0.2) is 4.98 Å². The number of aliphatic hydroxyl groups is 1. The molecule has 0 saturated carbocycles. The van der Waals surface area contributed by atoms with Crippen molar-refractivity contribution in [2.24, 2.45) is 0 Å². The maximum atomic E-state index is 9.76. The Labute approximate surface area is 106 Å². The van der Waals surface area contributed by atoms with E-state index in [1.165, 1.54) is 7.11 Å². The van der Waals surface area contributed by atoms with E-state index in [-0.39, 0.29) is 5.60 Å². The van der Waals surface area contributed by atoms with Crippen LogP contribution in [0.1, 0.15) is 43.4 Å². The standard InChI is InChI=1S/C12H16ClNO3/c1-4-12(2)8-5-9(13)14-10(11(15)16-3)7(8)6-17-12/h5,11,15H,4,6H2,1-3H3. The molecule has 0 bridgehead atoms. The van der Waals surface area contributed by atoms with Crippen molar-refractivity contribution in [2.45, 2.75) is 38.8 Å². The van der Waals surface area contributed by atoms with Crippen LogP contribution >= 0.6 is 11.6 Å². The van der Waals surface area contributed by atoms with Gasteiger partial charge in [0.05, 0.1) is 12.2 Å². The summed E-state index contributed by atoms with van der Waals surface area (Å²) < 4.78 is 10.7. The highest BCUT2D eigenvalue weighted by molar-refractivity contribution is 6.29. The number of rotatable bonds is 3. The lowest BCUT2D eigenvalue weighted by Crippen LogP contribution is -2.19. The van der Waals surface area contributed by atoms with E-state index in [2.05, 4.69) is 11.9 Å². The first-order valence-corrected chi connectivity index (χ1v) is 5.94. The fourth-order valence-corrected chi connectivity index (χ4v) is 2.30. The Morgan fingerprint density at radius 1 is 1.71 bits per heavy atom. The van der Waals surface area contributed by atoms with Gasteiger partial charge >= 0.3 is 0 Å². The third kappa shape index (κ3) is 2.06. The van der Waals surface area contributed by atoms with E-state index in [0.29, 0.717) is 17.5 Å². The number of fused-ring (bicyclic) bond motifs is 1. The number of hydrogen-bond acceptors (Lipinski definition) is 4. The van der Waals surface area contributed by atoms with Crippen LogP contribution in [0.15, 0.2) is 6.07 Å². The molecule has 0 amide bonds. The lowest BCUT2D eigenvalue weighted by molar-refractivity contribution is -0.0813. The van der Waals surface area contributed by atoms with Gasteiger partial charge < -0.3 is 14.6 Å².